The van der Waals surface area contributed by atoms with E-state index in [9.17, 15) is 14.0 Å². The molecule has 1 saturated heterocycles. The van der Waals surface area contributed by atoms with E-state index in [1.165, 1.54) is 12.0 Å². The Hall–Kier alpha value is -1.59. The summed E-state index contributed by atoms with van der Waals surface area (Å²) >= 11 is 0. The van der Waals surface area contributed by atoms with E-state index < -0.39 is 23.8 Å². The SMILES string of the molecule is COC(=O)C=C1CCN(C(=O)OC(C)(C)C)CC1F. The lowest BCUT2D eigenvalue weighted by Crippen LogP contribution is -2.44. The number of piperidine rings is 1. The Labute approximate surface area is 112 Å². The topological polar surface area (TPSA) is 55.8 Å². The number of hydrogen-bond donors (Lipinski definition) is 0. The summed E-state index contributed by atoms with van der Waals surface area (Å²) in [5.74, 6) is -0.580. The average Bonchev–Trinajstić information content (AvgIpc) is 2.29. The molecule has 0 aliphatic carbocycles. The number of halogens is 1. The number of nitrogens with zero attached hydrogens (tertiary/aromatic N) is 1. The zero-order valence-corrected chi connectivity index (χ0v) is 11.7. The van der Waals surface area contributed by atoms with Crippen LogP contribution in [0.4, 0.5) is 9.18 Å². The first-order chi connectivity index (χ1) is 8.73. The van der Waals surface area contributed by atoms with Gasteiger partial charge in [-0.25, -0.2) is 14.0 Å². The van der Waals surface area contributed by atoms with Crippen LogP contribution in [-0.2, 0) is 14.3 Å². The molecule has 0 spiro atoms. The molecule has 1 unspecified atom stereocenters. The lowest BCUT2D eigenvalue weighted by molar-refractivity contribution is -0.134. The fourth-order valence-corrected chi connectivity index (χ4v) is 1.69. The predicted molar refractivity (Wildman–Crippen MR) is 67.4 cm³/mol. The number of likely N-dealkylation sites (tertiary alicyclic amines) is 1. The summed E-state index contributed by atoms with van der Waals surface area (Å²) in [6.07, 6.45) is -0.445. The fourth-order valence-electron chi connectivity index (χ4n) is 1.69. The Kier molecular flexibility index (Phi) is 4.91. The van der Waals surface area contributed by atoms with Crippen LogP contribution in [0.15, 0.2) is 11.6 Å². The maximum Gasteiger partial charge on any atom is 0.410 e. The maximum absolute atomic E-state index is 13.9. The van der Waals surface area contributed by atoms with Gasteiger partial charge in [0.15, 0.2) is 0 Å². The molecular weight excluding hydrogens is 253 g/mol. The van der Waals surface area contributed by atoms with Crippen LogP contribution in [0.3, 0.4) is 0 Å². The number of rotatable bonds is 1. The summed E-state index contributed by atoms with van der Waals surface area (Å²) in [5.41, 5.74) is -0.253. The first kappa shape index (κ1) is 15.5. The van der Waals surface area contributed by atoms with Gasteiger partial charge in [-0.1, -0.05) is 0 Å². The first-order valence-corrected chi connectivity index (χ1v) is 6.13. The zero-order chi connectivity index (χ0) is 14.6. The normalized spacial score (nSPS) is 22.3. The van der Waals surface area contributed by atoms with Gasteiger partial charge in [0.2, 0.25) is 0 Å². The van der Waals surface area contributed by atoms with Crippen LogP contribution in [0.2, 0.25) is 0 Å². The third kappa shape index (κ3) is 4.89. The van der Waals surface area contributed by atoms with E-state index in [0.717, 1.165) is 6.08 Å². The molecule has 1 aliphatic heterocycles. The van der Waals surface area contributed by atoms with Crippen molar-refractivity contribution in [1.29, 1.82) is 0 Å². The largest absolute Gasteiger partial charge is 0.466 e. The van der Waals surface area contributed by atoms with E-state index in [4.69, 9.17) is 4.74 Å². The van der Waals surface area contributed by atoms with Gasteiger partial charge in [0, 0.05) is 12.6 Å². The van der Waals surface area contributed by atoms with Gasteiger partial charge in [-0.2, -0.15) is 0 Å². The molecule has 0 aromatic heterocycles. The highest BCUT2D eigenvalue weighted by atomic mass is 19.1. The van der Waals surface area contributed by atoms with Gasteiger partial charge in [-0.3, -0.25) is 0 Å². The smallest absolute Gasteiger partial charge is 0.410 e. The van der Waals surface area contributed by atoms with Crippen molar-refractivity contribution < 1.29 is 23.5 Å². The second-order valence-corrected chi connectivity index (χ2v) is 5.39. The summed E-state index contributed by atoms with van der Waals surface area (Å²) in [4.78, 5) is 24.1. The fraction of sp³-hybridized carbons (Fsp3) is 0.692. The van der Waals surface area contributed by atoms with Crippen molar-refractivity contribution in [2.75, 3.05) is 20.2 Å². The lowest BCUT2D eigenvalue weighted by Gasteiger charge is -2.32. The van der Waals surface area contributed by atoms with Gasteiger partial charge in [-0.15, -0.1) is 0 Å². The molecule has 0 radical (unpaired) electrons. The lowest BCUT2D eigenvalue weighted by atomic mass is 10.0. The van der Waals surface area contributed by atoms with Crippen molar-refractivity contribution in [2.24, 2.45) is 0 Å². The first-order valence-electron chi connectivity index (χ1n) is 6.13. The van der Waals surface area contributed by atoms with Gasteiger partial charge in [0.05, 0.1) is 13.7 Å². The molecule has 1 amide bonds. The number of methoxy groups -OCH3 is 1. The zero-order valence-electron chi connectivity index (χ0n) is 11.7. The number of hydrogen-bond acceptors (Lipinski definition) is 4. The second kappa shape index (κ2) is 6.04. The number of esters is 1. The molecule has 6 heteroatoms. The van der Waals surface area contributed by atoms with Crippen LogP contribution in [-0.4, -0.2) is 48.9 Å². The van der Waals surface area contributed by atoms with Gasteiger partial charge < -0.3 is 14.4 Å². The molecule has 0 N–H and O–H groups in total. The molecule has 1 rings (SSSR count). The third-order valence-electron chi connectivity index (χ3n) is 2.61. The van der Waals surface area contributed by atoms with Crippen LogP contribution in [0, 0.1) is 0 Å². The number of carbonyl (C=O) groups excluding carboxylic acids is 2. The Balaban J connectivity index is 2.61. The average molecular weight is 273 g/mol. The molecule has 1 fully saturated rings. The van der Waals surface area contributed by atoms with Crippen LogP contribution in [0.1, 0.15) is 27.2 Å². The second-order valence-electron chi connectivity index (χ2n) is 5.39. The molecule has 1 heterocycles. The highest BCUT2D eigenvalue weighted by Gasteiger charge is 2.30. The molecule has 1 atom stereocenters. The highest BCUT2D eigenvalue weighted by Crippen LogP contribution is 2.21. The Bertz CT molecular complexity index is 387. The molecule has 5 nitrogen and oxygen atoms in total. The van der Waals surface area contributed by atoms with Crippen LogP contribution in [0.5, 0.6) is 0 Å². The molecule has 0 aromatic carbocycles. The van der Waals surface area contributed by atoms with Crippen LogP contribution < -0.4 is 0 Å². The number of amides is 1. The standard InChI is InChI=1S/C13H20FNO4/c1-13(2,3)19-12(17)15-6-5-9(10(14)8-15)7-11(16)18-4/h7,10H,5-6,8H2,1-4H3. The van der Waals surface area contributed by atoms with Gasteiger partial charge in [0.1, 0.15) is 11.8 Å². The van der Waals surface area contributed by atoms with Gasteiger partial charge >= 0.3 is 12.1 Å². The molecule has 19 heavy (non-hydrogen) atoms. The molecule has 1 aliphatic rings. The Morgan fingerprint density at radius 1 is 1.42 bits per heavy atom. The Morgan fingerprint density at radius 3 is 2.53 bits per heavy atom. The number of alkyl halides is 1. The molecule has 0 bridgehead atoms. The van der Waals surface area contributed by atoms with E-state index in [0.29, 0.717) is 18.5 Å². The quantitative estimate of drug-likeness (QED) is 0.542. The Morgan fingerprint density at radius 2 is 2.05 bits per heavy atom. The van der Waals surface area contributed by atoms with Crippen LogP contribution in [0.25, 0.3) is 0 Å². The van der Waals surface area contributed by atoms with E-state index in [-0.39, 0.29) is 6.54 Å². The molecule has 0 aromatic rings. The molecular formula is C13H20FNO4. The van der Waals surface area contributed by atoms with Crippen molar-refractivity contribution in [2.45, 2.75) is 39.0 Å². The predicted octanol–water partition coefficient (Wildman–Crippen LogP) is 2.06. The summed E-state index contributed by atoms with van der Waals surface area (Å²) in [6, 6.07) is 0. The van der Waals surface area contributed by atoms with E-state index in [1.54, 1.807) is 20.8 Å². The van der Waals surface area contributed by atoms with Gasteiger partial charge in [0.25, 0.3) is 0 Å². The summed E-state index contributed by atoms with van der Waals surface area (Å²) < 4.78 is 23.5. The summed E-state index contributed by atoms with van der Waals surface area (Å²) in [6.45, 7) is 5.50. The number of ether oxygens (including phenoxy) is 2. The van der Waals surface area contributed by atoms with Crippen molar-refractivity contribution in [3.8, 4) is 0 Å². The highest BCUT2D eigenvalue weighted by molar-refractivity contribution is 5.83. The van der Waals surface area contributed by atoms with Crippen LogP contribution >= 0.6 is 0 Å². The summed E-state index contributed by atoms with van der Waals surface area (Å²) in [5, 5.41) is 0. The van der Waals surface area contributed by atoms with Crippen molar-refractivity contribution >= 4 is 12.1 Å². The molecule has 108 valence electrons. The van der Waals surface area contributed by atoms with E-state index in [2.05, 4.69) is 4.74 Å². The van der Waals surface area contributed by atoms with E-state index in [1.807, 2.05) is 0 Å². The van der Waals surface area contributed by atoms with Crippen molar-refractivity contribution in [3.63, 3.8) is 0 Å². The van der Waals surface area contributed by atoms with Crippen molar-refractivity contribution in [1.82, 2.24) is 4.90 Å². The third-order valence-corrected chi connectivity index (χ3v) is 2.61. The minimum absolute atomic E-state index is 0.0995. The van der Waals surface area contributed by atoms with E-state index >= 15 is 0 Å². The minimum Gasteiger partial charge on any atom is -0.466 e. The monoisotopic (exact) mass is 273 g/mol. The summed E-state index contributed by atoms with van der Waals surface area (Å²) in [7, 11) is 1.24. The van der Waals surface area contributed by atoms with Crippen molar-refractivity contribution in [3.05, 3.63) is 11.6 Å². The minimum atomic E-state index is -1.36. The molecule has 0 saturated carbocycles. The van der Waals surface area contributed by atoms with Gasteiger partial charge in [-0.05, 0) is 32.8 Å². The maximum atomic E-state index is 13.9. The number of carbonyl (C=O) groups is 2.